The highest BCUT2D eigenvalue weighted by Gasteiger charge is 2.15. The molecule has 1 unspecified atom stereocenters. The standard InChI is InChI=1S/C13H17N7S/c1-4-8-5-15-12(21-8)7(2)18-11-9-10(17-6-16-9)19-13(14-3)20-11/h5-7H,4H2,1-3H3,(H3,14,16,17,18,19,20). The summed E-state index contributed by atoms with van der Waals surface area (Å²) in [6, 6.07) is 0.0707. The zero-order valence-electron chi connectivity index (χ0n) is 12.1. The zero-order chi connectivity index (χ0) is 14.8. The first-order valence-electron chi connectivity index (χ1n) is 6.81. The highest BCUT2D eigenvalue weighted by Crippen LogP contribution is 2.26. The summed E-state index contributed by atoms with van der Waals surface area (Å²) >= 11 is 1.72. The first-order chi connectivity index (χ1) is 10.2. The molecule has 0 radical (unpaired) electrons. The Bertz CT molecular complexity index is 748. The van der Waals surface area contributed by atoms with Crippen molar-refractivity contribution in [2.75, 3.05) is 17.7 Å². The van der Waals surface area contributed by atoms with E-state index < -0.39 is 0 Å². The summed E-state index contributed by atoms with van der Waals surface area (Å²) in [5, 5.41) is 7.38. The van der Waals surface area contributed by atoms with Crippen molar-refractivity contribution in [3.05, 3.63) is 22.4 Å². The van der Waals surface area contributed by atoms with Crippen LogP contribution in [0.1, 0.15) is 29.8 Å². The number of aryl methyl sites for hydroxylation is 1. The van der Waals surface area contributed by atoms with Gasteiger partial charge in [-0.2, -0.15) is 9.97 Å². The van der Waals surface area contributed by atoms with Gasteiger partial charge in [-0.15, -0.1) is 11.3 Å². The van der Waals surface area contributed by atoms with E-state index in [-0.39, 0.29) is 6.04 Å². The number of imidazole rings is 1. The number of aromatic nitrogens is 5. The van der Waals surface area contributed by atoms with Crippen LogP contribution in [0.5, 0.6) is 0 Å². The van der Waals surface area contributed by atoms with Gasteiger partial charge in [-0.1, -0.05) is 6.92 Å². The first-order valence-corrected chi connectivity index (χ1v) is 7.63. The number of hydrogen-bond donors (Lipinski definition) is 3. The zero-order valence-corrected chi connectivity index (χ0v) is 13.0. The number of thiazole rings is 1. The van der Waals surface area contributed by atoms with Crippen molar-refractivity contribution < 1.29 is 0 Å². The van der Waals surface area contributed by atoms with Gasteiger partial charge in [-0.3, -0.25) is 0 Å². The van der Waals surface area contributed by atoms with Crippen LogP contribution < -0.4 is 10.6 Å². The molecule has 3 N–H and O–H groups in total. The summed E-state index contributed by atoms with van der Waals surface area (Å²) < 4.78 is 0. The second-order valence-electron chi connectivity index (χ2n) is 4.63. The highest BCUT2D eigenvalue weighted by molar-refractivity contribution is 7.11. The number of aromatic amines is 1. The Balaban J connectivity index is 1.91. The molecule has 1 atom stereocenters. The molecule has 0 spiro atoms. The molecule has 3 aromatic heterocycles. The maximum atomic E-state index is 4.46. The molecule has 0 saturated carbocycles. The summed E-state index contributed by atoms with van der Waals surface area (Å²) in [6.07, 6.45) is 4.56. The van der Waals surface area contributed by atoms with E-state index in [0.29, 0.717) is 11.6 Å². The normalized spacial score (nSPS) is 12.5. The molecular weight excluding hydrogens is 286 g/mol. The van der Waals surface area contributed by atoms with Crippen LogP contribution in [-0.4, -0.2) is 32.0 Å². The molecule has 3 rings (SSSR count). The fraction of sp³-hybridized carbons (Fsp3) is 0.385. The lowest BCUT2D eigenvalue weighted by Gasteiger charge is -2.13. The molecule has 0 aliphatic rings. The summed E-state index contributed by atoms with van der Waals surface area (Å²) in [7, 11) is 1.79. The molecule has 0 saturated heterocycles. The van der Waals surface area contributed by atoms with E-state index in [2.05, 4.69) is 49.4 Å². The molecule has 0 aromatic carbocycles. The molecule has 0 aliphatic heterocycles. The molecule has 0 amide bonds. The number of fused-ring (bicyclic) bond motifs is 1. The number of hydrogen-bond acceptors (Lipinski definition) is 7. The second kappa shape index (κ2) is 5.65. The van der Waals surface area contributed by atoms with Gasteiger partial charge in [-0.05, 0) is 13.3 Å². The average molecular weight is 303 g/mol. The monoisotopic (exact) mass is 303 g/mol. The van der Waals surface area contributed by atoms with Gasteiger partial charge in [0, 0.05) is 18.1 Å². The van der Waals surface area contributed by atoms with Crippen LogP contribution in [0.15, 0.2) is 12.5 Å². The quantitative estimate of drug-likeness (QED) is 0.671. The third kappa shape index (κ3) is 2.66. The van der Waals surface area contributed by atoms with E-state index in [9.17, 15) is 0 Å². The minimum Gasteiger partial charge on any atom is -0.359 e. The Morgan fingerprint density at radius 1 is 1.33 bits per heavy atom. The van der Waals surface area contributed by atoms with Crippen molar-refractivity contribution >= 4 is 34.3 Å². The van der Waals surface area contributed by atoms with Gasteiger partial charge in [0.05, 0.1) is 12.4 Å². The lowest BCUT2D eigenvalue weighted by molar-refractivity contribution is 0.861. The molecule has 3 aromatic rings. The fourth-order valence-electron chi connectivity index (χ4n) is 2.00. The number of nitrogens with one attached hydrogen (secondary N) is 3. The van der Waals surface area contributed by atoms with Gasteiger partial charge in [0.15, 0.2) is 11.5 Å². The van der Waals surface area contributed by atoms with E-state index >= 15 is 0 Å². The lowest BCUT2D eigenvalue weighted by atomic mass is 10.3. The van der Waals surface area contributed by atoms with Gasteiger partial charge < -0.3 is 15.6 Å². The van der Waals surface area contributed by atoms with Crippen LogP contribution in [-0.2, 0) is 6.42 Å². The summed E-state index contributed by atoms with van der Waals surface area (Å²) in [4.78, 5) is 21.8. The van der Waals surface area contributed by atoms with Crippen molar-refractivity contribution in [1.29, 1.82) is 0 Å². The SMILES string of the molecule is CCc1cnc(C(C)Nc2nc(NC)nc3nc[nH]c23)s1. The van der Waals surface area contributed by atoms with Crippen LogP contribution in [0.2, 0.25) is 0 Å². The van der Waals surface area contributed by atoms with Crippen molar-refractivity contribution in [2.45, 2.75) is 26.3 Å². The Morgan fingerprint density at radius 2 is 2.19 bits per heavy atom. The molecule has 0 bridgehead atoms. The Kier molecular flexibility index (Phi) is 3.70. The molecule has 0 fully saturated rings. The van der Waals surface area contributed by atoms with Crippen molar-refractivity contribution in [1.82, 2.24) is 24.9 Å². The van der Waals surface area contributed by atoms with Crippen LogP contribution in [0, 0.1) is 0 Å². The molecule has 21 heavy (non-hydrogen) atoms. The average Bonchev–Trinajstić information content (AvgIpc) is 3.15. The van der Waals surface area contributed by atoms with E-state index in [0.717, 1.165) is 22.8 Å². The smallest absolute Gasteiger partial charge is 0.226 e. The van der Waals surface area contributed by atoms with Crippen LogP contribution in [0.25, 0.3) is 11.2 Å². The largest absolute Gasteiger partial charge is 0.359 e. The van der Waals surface area contributed by atoms with Gasteiger partial charge in [0.25, 0.3) is 0 Å². The predicted octanol–water partition coefficient (Wildman–Crippen LogP) is 2.59. The van der Waals surface area contributed by atoms with E-state index in [1.54, 1.807) is 24.7 Å². The summed E-state index contributed by atoms with van der Waals surface area (Å²) in [5.41, 5.74) is 1.44. The van der Waals surface area contributed by atoms with Crippen LogP contribution in [0.4, 0.5) is 11.8 Å². The molecule has 7 nitrogen and oxygen atoms in total. The van der Waals surface area contributed by atoms with E-state index in [4.69, 9.17) is 0 Å². The predicted molar refractivity (Wildman–Crippen MR) is 84.8 cm³/mol. The number of H-pyrrole nitrogens is 1. The first kappa shape index (κ1) is 13.7. The van der Waals surface area contributed by atoms with Gasteiger partial charge in [-0.25, -0.2) is 9.97 Å². The maximum Gasteiger partial charge on any atom is 0.226 e. The lowest BCUT2D eigenvalue weighted by Crippen LogP contribution is -2.10. The van der Waals surface area contributed by atoms with E-state index in [1.807, 2.05) is 6.20 Å². The molecule has 0 aliphatic carbocycles. The van der Waals surface area contributed by atoms with Crippen LogP contribution >= 0.6 is 11.3 Å². The fourth-order valence-corrected chi connectivity index (χ4v) is 2.86. The minimum atomic E-state index is 0.0707. The summed E-state index contributed by atoms with van der Waals surface area (Å²) in [5.74, 6) is 1.26. The van der Waals surface area contributed by atoms with Gasteiger partial charge >= 0.3 is 0 Å². The van der Waals surface area contributed by atoms with Crippen molar-refractivity contribution in [3.8, 4) is 0 Å². The number of nitrogens with zero attached hydrogens (tertiary/aromatic N) is 4. The Hall–Kier alpha value is -2.22. The summed E-state index contributed by atoms with van der Waals surface area (Å²) in [6.45, 7) is 4.20. The van der Waals surface area contributed by atoms with Crippen LogP contribution in [0.3, 0.4) is 0 Å². The topological polar surface area (TPSA) is 91.4 Å². The van der Waals surface area contributed by atoms with Crippen molar-refractivity contribution in [2.24, 2.45) is 0 Å². The Morgan fingerprint density at radius 3 is 2.90 bits per heavy atom. The van der Waals surface area contributed by atoms with Gasteiger partial charge in [0.2, 0.25) is 5.95 Å². The third-order valence-electron chi connectivity index (χ3n) is 3.15. The number of anilines is 2. The molecule has 110 valence electrons. The second-order valence-corrected chi connectivity index (χ2v) is 5.78. The van der Waals surface area contributed by atoms with Crippen molar-refractivity contribution in [3.63, 3.8) is 0 Å². The Labute approximate surface area is 126 Å². The van der Waals surface area contributed by atoms with E-state index in [1.165, 1.54) is 4.88 Å². The third-order valence-corrected chi connectivity index (χ3v) is 4.48. The minimum absolute atomic E-state index is 0.0707. The molecular formula is C13H17N7S. The maximum absolute atomic E-state index is 4.46. The van der Waals surface area contributed by atoms with Gasteiger partial charge in [0.1, 0.15) is 10.5 Å². The molecule has 3 heterocycles. The highest BCUT2D eigenvalue weighted by atomic mass is 32.1. The molecule has 8 heteroatoms. The number of rotatable bonds is 5.